The molecule has 0 saturated carbocycles. The van der Waals surface area contributed by atoms with Gasteiger partial charge in [0.25, 0.3) is 11.5 Å². The third-order valence-electron chi connectivity index (χ3n) is 5.43. The first kappa shape index (κ1) is 24.4. The minimum absolute atomic E-state index is 0.115. The number of ether oxygens (including phenoxy) is 1. The molecule has 2 heterocycles. The zero-order chi connectivity index (χ0) is 24.1. The first-order valence-corrected chi connectivity index (χ1v) is 11.0. The van der Waals surface area contributed by atoms with Crippen molar-refractivity contribution in [1.29, 1.82) is 0 Å². The lowest BCUT2D eigenvalue weighted by Gasteiger charge is -2.19. The Morgan fingerprint density at radius 2 is 1.94 bits per heavy atom. The molecule has 2 N–H and O–H groups in total. The average molecular weight is 456 g/mol. The molecule has 1 unspecified atom stereocenters. The molecule has 7 nitrogen and oxygen atoms in total. The average Bonchev–Trinajstić information content (AvgIpc) is 2.77. The molecule has 33 heavy (non-hydrogen) atoms. The number of amides is 1. The van der Waals surface area contributed by atoms with Gasteiger partial charge in [0.1, 0.15) is 16.9 Å². The van der Waals surface area contributed by atoms with E-state index in [9.17, 15) is 19.1 Å². The van der Waals surface area contributed by atoms with E-state index >= 15 is 0 Å². The summed E-state index contributed by atoms with van der Waals surface area (Å²) < 4.78 is 19.8. The molecule has 1 atom stereocenters. The molecular weight excluding hydrogens is 425 g/mol. The molecule has 1 amide bonds. The summed E-state index contributed by atoms with van der Waals surface area (Å²) in [6.07, 6.45) is 2.69. The monoisotopic (exact) mass is 455 g/mol. The SMILES string of the molecule is CCC(COC)NC(=O)c1c(O)c2ncc(Cc3ccc(F)cc3)cc2n(CC(C)C)c1=O. The van der Waals surface area contributed by atoms with Crippen molar-refractivity contribution in [1.82, 2.24) is 14.9 Å². The van der Waals surface area contributed by atoms with Crippen LogP contribution in [-0.2, 0) is 17.7 Å². The number of hydrogen-bond donors (Lipinski definition) is 2. The molecule has 0 radical (unpaired) electrons. The number of carbonyl (C=O) groups is 1. The van der Waals surface area contributed by atoms with E-state index in [1.807, 2.05) is 20.8 Å². The maximum Gasteiger partial charge on any atom is 0.267 e. The van der Waals surface area contributed by atoms with E-state index in [4.69, 9.17) is 4.74 Å². The summed E-state index contributed by atoms with van der Waals surface area (Å²) in [4.78, 5) is 30.7. The van der Waals surface area contributed by atoms with Crippen LogP contribution in [-0.4, -0.2) is 40.3 Å². The first-order chi connectivity index (χ1) is 15.7. The van der Waals surface area contributed by atoms with Crippen molar-refractivity contribution < 1.29 is 19.0 Å². The molecular formula is C25H30FN3O4. The maximum absolute atomic E-state index is 13.4. The second-order valence-electron chi connectivity index (χ2n) is 8.58. The fourth-order valence-corrected chi connectivity index (χ4v) is 3.75. The lowest BCUT2D eigenvalue weighted by Crippen LogP contribution is -2.41. The summed E-state index contributed by atoms with van der Waals surface area (Å²) >= 11 is 0. The van der Waals surface area contributed by atoms with Gasteiger partial charge in [-0.3, -0.25) is 14.6 Å². The Morgan fingerprint density at radius 1 is 1.24 bits per heavy atom. The van der Waals surface area contributed by atoms with Crippen molar-refractivity contribution in [2.24, 2.45) is 5.92 Å². The number of aromatic nitrogens is 2. The second-order valence-corrected chi connectivity index (χ2v) is 8.58. The smallest absolute Gasteiger partial charge is 0.267 e. The van der Waals surface area contributed by atoms with Crippen molar-refractivity contribution >= 4 is 16.9 Å². The van der Waals surface area contributed by atoms with E-state index in [0.717, 1.165) is 11.1 Å². The molecule has 8 heteroatoms. The van der Waals surface area contributed by atoms with Crippen LogP contribution in [0.1, 0.15) is 48.7 Å². The number of hydrogen-bond acceptors (Lipinski definition) is 5. The van der Waals surface area contributed by atoms with Gasteiger partial charge in [-0.05, 0) is 48.1 Å². The molecule has 3 aromatic rings. The Morgan fingerprint density at radius 3 is 2.55 bits per heavy atom. The Hall–Kier alpha value is -3.26. The number of nitrogens with one attached hydrogen (secondary N) is 1. The molecule has 0 fully saturated rings. The minimum atomic E-state index is -0.655. The van der Waals surface area contributed by atoms with Crippen LogP contribution in [0, 0.1) is 11.7 Å². The third-order valence-corrected chi connectivity index (χ3v) is 5.43. The number of pyridine rings is 2. The number of halogens is 1. The predicted octanol–water partition coefficient (Wildman–Crippen LogP) is 3.64. The van der Waals surface area contributed by atoms with Crippen LogP contribution in [0.15, 0.2) is 41.3 Å². The molecule has 176 valence electrons. The molecule has 2 aromatic heterocycles. The van der Waals surface area contributed by atoms with Gasteiger partial charge in [-0.25, -0.2) is 4.39 Å². The van der Waals surface area contributed by atoms with E-state index in [-0.39, 0.29) is 28.9 Å². The van der Waals surface area contributed by atoms with Crippen LogP contribution < -0.4 is 10.9 Å². The van der Waals surface area contributed by atoms with Crippen LogP contribution in [0.2, 0.25) is 0 Å². The summed E-state index contributed by atoms with van der Waals surface area (Å²) in [5.41, 5.74) is 1.43. The van der Waals surface area contributed by atoms with Gasteiger partial charge in [0.15, 0.2) is 5.75 Å². The lowest BCUT2D eigenvalue weighted by atomic mass is 10.0. The highest BCUT2D eigenvalue weighted by atomic mass is 19.1. The third kappa shape index (κ3) is 5.57. The van der Waals surface area contributed by atoms with Gasteiger partial charge in [-0.15, -0.1) is 0 Å². The normalized spacial score (nSPS) is 12.3. The van der Waals surface area contributed by atoms with Gasteiger partial charge in [0, 0.05) is 19.9 Å². The Balaban J connectivity index is 2.10. The number of benzene rings is 1. The summed E-state index contributed by atoms with van der Waals surface area (Å²) in [7, 11) is 1.53. The summed E-state index contributed by atoms with van der Waals surface area (Å²) in [6.45, 7) is 6.47. The van der Waals surface area contributed by atoms with E-state index in [2.05, 4.69) is 10.3 Å². The van der Waals surface area contributed by atoms with Crippen LogP contribution >= 0.6 is 0 Å². The molecule has 3 rings (SSSR count). The zero-order valence-corrected chi connectivity index (χ0v) is 19.4. The van der Waals surface area contributed by atoms with Crippen LogP contribution in [0.3, 0.4) is 0 Å². The van der Waals surface area contributed by atoms with E-state index in [1.165, 1.54) is 23.8 Å². The largest absolute Gasteiger partial charge is 0.505 e. The Bertz CT molecular complexity index is 1190. The predicted molar refractivity (Wildman–Crippen MR) is 125 cm³/mol. The number of fused-ring (bicyclic) bond motifs is 1. The quantitative estimate of drug-likeness (QED) is 0.514. The molecule has 0 spiro atoms. The zero-order valence-electron chi connectivity index (χ0n) is 19.4. The van der Waals surface area contributed by atoms with Crippen molar-refractivity contribution in [2.75, 3.05) is 13.7 Å². The minimum Gasteiger partial charge on any atom is -0.505 e. The van der Waals surface area contributed by atoms with Gasteiger partial charge in [-0.1, -0.05) is 32.9 Å². The second kappa shape index (κ2) is 10.6. The lowest BCUT2D eigenvalue weighted by molar-refractivity contribution is 0.0890. The maximum atomic E-state index is 13.4. The number of methoxy groups -OCH3 is 1. The van der Waals surface area contributed by atoms with Crippen molar-refractivity contribution in [3.8, 4) is 5.75 Å². The summed E-state index contributed by atoms with van der Waals surface area (Å²) in [6, 6.07) is 7.66. The van der Waals surface area contributed by atoms with Gasteiger partial charge in [-0.2, -0.15) is 0 Å². The van der Waals surface area contributed by atoms with Gasteiger partial charge >= 0.3 is 0 Å². The molecule has 0 bridgehead atoms. The van der Waals surface area contributed by atoms with Crippen molar-refractivity contribution in [3.05, 3.63) is 69.4 Å². The van der Waals surface area contributed by atoms with Crippen molar-refractivity contribution in [2.45, 2.75) is 46.2 Å². The van der Waals surface area contributed by atoms with Crippen molar-refractivity contribution in [3.63, 3.8) is 0 Å². The molecule has 0 saturated heterocycles. The number of aromatic hydroxyl groups is 1. The summed E-state index contributed by atoms with van der Waals surface area (Å²) in [5, 5.41) is 13.6. The molecule has 0 aliphatic rings. The highest BCUT2D eigenvalue weighted by molar-refractivity contribution is 6.01. The number of rotatable bonds is 9. The number of nitrogens with zero attached hydrogens (tertiary/aromatic N) is 2. The fraction of sp³-hybridized carbons (Fsp3) is 0.400. The molecule has 1 aromatic carbocycles. The standard InChI is InChI=1S/C25H30FN3O4/c1-5-19(14-33-4)28-24(31)21-23(30)22-20(29(25(21)32)13-15(2)3)11-17(12-27-22)10-16-6-8-18(26)9-7-16/h6-9,11-12,15,19,30H,5,10,13-14H2,1-4H3,(H,28,31). The van der Waals surface area contributed by atoms with E-state index < -0.39 is 17.2 Å². The molecule has 0 aliphatic carbocycles. The van der Waals surface area contributed by atoms with Gasteiger partial charge < -0.3 is 19.7 Å². The van der Waals surface area contributed by atoms with Crippen LogP contribution in [0.25, 0.3) is 11.0 Å². The Labute approximate surface area is 192 Å². The van der Waals surface area contributed by atoms with Gasteiger partial charge in [0.05, 0.1) is 18.2 Å². The number of carbonyl (C=O) groups excluding carboxylic acids is 1. The van der Waals surface area contributed by atoms with Crippen LogP contribution in [0.5, 0.6) is 5.75 Å². The topological polar surface area (TPSA) is 93.4 Å². The summed E-state index contributed by atoms with van der Waals surface area (Å²) in [5.74, 6) is -1.29. The highest BCUT2D eigenvalue weighted by Gasteiger charge is 2.25. The van der Waals surface area contributed by atoms with E-state index in [0.29, 0.717) is 31.5 Å². The Kier molecular flexibility index (Phi) is 7.81. The first-order valence-electron chi connectivity index (χ1n) is 11.0. The van der Waals surface area contributed by atoms with Gasteiger partial charge in [0.2, 0.25) is 0 Å². The van der Waals surface area contributed by atoms with E-state index in [1.54, 1.807) is 24.4 Å². The fourth-order valence-electron chi connectivity index (χ4n) is 3.75. The molecule has 0 aliphatic heterocycles. The van der Waals surface area contributed by atoms with Crippen LogP contribution in [0.4, 0.5) is 4.39 Å². The highest BCUT2D eigenvalue weighted by Crippen LogP contribution is 2.26.